The van der Waals surface area contributed by atoms with E-state index in [9.17, 15) is 0 Å². The fraction of sp³-hybridized carbons (Fsp3) is 1.00. The second-order valence-electron chi connectivity index (χ2n) is 2.56. The van der Waals surface area contributed by atoms with E-state index in [1.165, 1.54) is 0 Å². The fourth-order valence-electron chi connectivity index (χ4n) is 0.848. The lowest BCUT2D eigenvalue weighted by Crippen LogP contribution is -2.32. The van der Waals surface area contributed by atoms with Crippen LogP contribution in [0.4, 0.5) is 0 Å². The van der Waals surface area contributed by atoms with Crippen molar-refractivity contribution in [2.45, 2.75) is 26.2 Å². The van der Waals surface area contributed by atoms with Crippen molar-refractivity contribution in [1.29, 1.82) is 0 Å². The molecule has 1 heterocycles. The average Bonchev–Trinajstić information content (AvgIpc) is 1.88. The van der Waals surface area contributed by atoms with E-state index in [2.05, 4.69) is 0 Å². The van der Waals surface area contributed by atoms with E-state index in [-0.39, 0.29) is 12.4 Å². The third-order valence-electron chi connectivity index (χ3n) is 1.21. The van der Waals surface area contributed by atoms with Crippen LogP contribution in [0.25, 0.3) is 0 Å². The molecule has 0 spiro atoms. The van der Waals surface area contributed by atoms with E-state index in [0.29, 0.717) is 19.8 Å². The maximum atomic E-state index is 5.34. The van der Waals surface area contributed by atoms with Gasteiger partial charge in [-0.3, -0.25) is 0 Å². The molecule has 0 aromatic heterocycles. The first-order valence-corrected chi connectivity index (χ1v) is 3.64. The Morgan fingerprint density at radius 1 is 1.40 bits per heavy atom. The van der Waals surface area contributed by atoms with Gasteiger partial charge in [-0.1, -0.05) is 0 Å². The first-order valence-electron chi connectivity index (χ1n) is 3.64. The molecule has 0 aromatic rings. The largest absolute Gasteiger partial charge is 0.374 e. The van der Waals surface area contributed by atoms with Gasteiger partial charge in [0.05, 0.1) is 25.9 Å². The summed E-state index contributed by atoms with van der Waals surface area (Å²) in [6.07, 6.45) is 0.0699. The third-order valence-corrected chi connectivity index (χ3v) is 1.21. The van der Waals surface area contributed by atoms with Gasteiger partial charge in [-0.15, -0.1) is 0 Å². The molecule has 10 heavy (non-hydrogen) atoms. The molecule has 0 aliphatic carbocycles. The maximum Gasteiger partial charge on any atom is 0.181 e. The Bertz CT molecular complexity index is 86.9. The van der Waals surface area contributed by atoms with E-state index in [1.807, 2.05) is 13.8 Å². The van der Waals surface area contributed by atoms with Crippen molar-refractivity contribution in [2.24, 2.45) is 0 Å². The highest BCUT2D eigenvalue weighted by Gasteiger charge is 2.15. The second kappa shape index (κ2) is 3.91. The van der Waals surface area contributed by atoms with Crippen LogP contribution in [0.5, 0.6) is 0 Å². The minimum absolute atomic E-state index is 0.145. The Morgan fingerprint density at radius 3 is 2.70 bits per heavy atom. The summed E-state index contributed by atoms with van der Waals surface area (Å²) >= 11 is 0. The van der Waals surface area contributed by atoms with Gasteiger partial charge in [-0.2, -0.15) is 0 Å². The fourth-order valence-corrected chi connectivity index (χ4v) is 0.848. The summed E-state index contributed by atoms with van der Waals surface area (Å²) in [7, 11) is 0. The van der Waals surface area contributed by atoms with Crippen LogP contribution in [0.2, 0.25) is 0 Å². The standard InChI is InChI=1S/C7H14O3/c1-6(2)10-7-5-8-3-4-9-7/h6-7H,3-5H2,1-2H3. The number of hydrogen-bond donors (Lipinski definition) is 0. The zero-order valence-corrected chi connectivity index (χ0v) is 6.50. The molecule has 60 valence electrons. The molecule has 3 nitrogen and oxygen atoms in total. The first-order chi connectivity index (χ1) is 4.79. The number of rotatable bonds is 2. The van der Waals surface area contributed by atoms with Gasteiger partial charge < -0.3 is 14.2 Å². The third kappa shape index (κ3) is 2.64. The van der Waals surface area contributed by atoms with Crippen LogP contribution in [0.1, 0.15) is 13.8 Å². The van der Waals surface area contributed by atoms with Crippen LogP contribution in [0.3, 0.4) is 0 Å². The van der Waals surface area contributed by atoms with E-state index in [0.717, 1.165) is 0 Å². The summed E-state index contributed by atoms with van der Waals surface area (Å²) in [5.41, 5.74) is 0. The van der Waals surface area contributed by atoms with Gasteiger partial charge in [0, 0.05) is 0 Å². The first kappa shape index (κ1) is 7.98. The van der Waals surface area contributed by atoms with Crippen LogP contribution in [0.15, 0.2) is 0 Å². The Balaban J connectivity index is 2.13. The molecule has 0 bridgehead atoms. The van der Waals surface area contributed by atoms with Crippen LogP contribution >= 0.6 is 0 Å². The molecule has 1 unspecified atom stereocenters. The maximum absolute atomic E-state index is 5.34. The van der Waals surface area contributed by atoms with Crippen molar-refractivity contribution in [2.75, 3.05) is 19.8 Å². The Labute approximate surface area is 61.3 Å². The van der Waals surface area contributed by atoms with Crippen LogP contribution < -0.4 is 0 Å². The topological polar surface area (TPSA) is 27.7 Å². The lowest BCUT2D eigenvalue weighted by Gasteiger charge is -2.24. The predicted molar refractivity (Wildman–Crippen MR) is 36.8 cm³/mol. The van der Waals surface area contributed by atoms with Gasteiger partial charge in [-0.25, -0.2) is 0 Å². The molecular weight excluding hydrogens is 132 g/mol. The molecule has 1 rings (SSSR count). The van der Waals surface area contributed by atoms with Gasteiger partial charge in [0.25, 0.3) is 0 Å². The van der Waals surface area contributed by atoms with E-state index < -0.39 is 0 Å². The molecule has 1 atom stereocenters. The van der Waals surface area contributed by atoms with Crippen LogP contribution in [-0.2, 0) is 14.2 Å². The van der Waals surface area contributed by atoms with Gasteiger partial charge in [-0.05, 0) is 13.8 Å². The monoisotopic (exact) mass is 146 g/mol. The zero-order chi connectivity index (χ0) is 7.40. The highest BCUT2D eigenvalue weighted by atomic mass is 16.7. The van der Waals surface area contributed by atoms with Crippen molar-refractivity contribution in [3.05, 3.63) is 0 Å². The predicted octanol–water partition coefficient (Wildman–Crippen LogP) is 0.784. The molecule has 0 radical (unpaired) electrons. The Morgan fingerprint density at radius 2 is 2.20 bits per heavy atom. The van der Waals surface area contributed by atoms with Gasteiger partial charge in [0.2, 0.25) is 0 Å². The molecule has 1 aliphatic rings. The summed E-state index contributed by atoms with van der Waals surface area (Å²) in [4.78, 5) is 0. The second-order valence-corrected chi connectivity index (χ2v) is 2.56. The molecule has 1 saturated heterocycles. The van der Waals surface area contributed by atoms with Crippen molar-refractivity contribution in [1.82, 2.24) is 0 Å². The molecule has 0 saturated carbocycles. The summed E-state index contributed by atoms with van der Waals surface area (Å²) in [5.74, 6) is 0. The Hall–Kier alpha value is -0.120. The van der Waals surface area contributed by atoms with Crippen molar-refractivity contribution in [3.63, 3.8) is 0 Å². The van der Waals surface area contributed by atoms with Crippen LogP contribution in [0, 0.1) is 0 Å². The molecule has 3 heteroatoms. The van der Waals surface area contributed by atoms with Crippen molar-refractivity contribution >= 4 is 0 Å². The van der Waals surface area contributed by atoms with Gasteiger partial charge >= 0.3 is 0 Å². The summed E-state index contributed by atoms with van der Waals surface area (Å²) in [6, 6.07) is 0. The lowest BCUT2D eigenvalue weighted by atomic mass is 10.5. The highest BCUT2D eigenvalue weighted by molar-refractivity contribution is 4.50. The van der Waals surface area contributed by atoms with Crippen LogP contribution in [-0.4, -0.2) is 32.2 Å². The zero-order valence-electron chi connectivity index (χ0n) is 6.50. The molecular formula is C7H14O3. The van der Waals surface area contributed by atoms with Gasteiger partial charge in [0.1, 0.15) is 0 Å². The SMILES string of the molecule is CC(C)OC1COCCO1. The average molecular weight is 146 g/mol. The lowest BCUT2D eigenvalue weighted by molar-refractivity contribution is -0.224. The molecule has 0 aromatic carbocycles. The highest BCUT2D eigenvalue weighted by Crippen LogP contribution is 2.04. The molecule has 0 N–H and O–H groups in total. The van der Waals surface area contributed by atoms with Crippen molar-refractivity contribution in [3.8, 4) is 0 Å². The normalized spacial score (nSPS) is 27.3. The van der Waals surface area contributed by atoms with E-state index >= 15 is 0 Å². The minimum Gasteiger partial charge on any atom is -0.374 e. The van der Waals surface area contributed by atoms with Crippen molar-refractivity contribution < 1.29 is 14.2 Å². The number of ether oxygens (including phenoxy) is 3. The smallest absolute Gasteiger partial charge is 0.181 e. The molecule has 1 aliphatic heterocycles. The summed E-state index contributed by atoms with van der Waals surface area (Å²) in [6.45, 7) is 5.88. The number of hydrogen-bond acceptors (Lipinski definition) is 3. The van der Waals surface area contributed by atoms with Gasteiger partial charge in [0.15, 0.2) is 6.29 Å². The van der Waals surface area contributed by atoms with E-state index in [4.69, 9.17) is 14.2 Å². The summed E-state index contributed by atoms with van der Waals surface area (Å²) in [5, 5.41) is 0. The summed E-state index contributed by atoms with van der Waals surface area (Å²) < 4.78 is 15.7. The van der Waals surface area contributed by atoms with E-state index in [1.54, 1.807) is 0 Å². The minimum atomic E-state index is -0.145. The Kier molecular flexibility index (Phi) is 3.12. The molecule has 0 amide bonds. The quantitative estimate of drug-likeness (QED) is 0.576. The molecule has 1 fully saturated rings.